The van der Waals surface area contributed by atoms with Crippen molar-refractivity contribution in [2.75, 3.05) is 0 Å². The largest absolute Gasteiger partial charge is 0.489 e. The van der Waals surface area contributed by atoms with E-state index in [0.717, 1.165) is 24.2 Å². The Bertz CT molecular complexity index is 542. The van der Waals surface area contributed by atoms with Crippen molar-refractivity contribution < 1.29 is 4.74 Å². The molecule has 120 valence electrons. The van der Waals surface area contributed by atoms with Crippen molar-refractivity contribution in [3.05, 3.63) is 65.7 Å². The second kappa shape index (κ2) is 9.50. The quantitative estimate of drug-likeness (QED) is 0.768. The van der Waals surface area contributed by atoms with Gasteiger partial charge in [0.2, 0.25) is 0 Å². The van der Waals surface area contributed by atoms with Gasteiger partial charge in [-0.05, 0) is 30.4 Å². The summed E-state index contributed by atoms with van der Waals surface area (Å²) in [5.41, 5.74) is 8.61. The summed E-state index contributed by atoms with van der Waals surface area (Å²) in [4.78, 5) is 0. The molecule has 3 heteroatoms. The maximum Gasteiger partial charge on any atom is 0.124 e. The second-order valence-electron chi connectivity index (χ2n) is 5.89. The van der Waals surface area contributed by atoms with Gasteiger partial charge in [-0.3, -0.25) is 0 Å². The molecule has 2 nitrogen and oxygen atoms in total. The van der Waals surface area contributed by atoms with Crippen LogP contribution in [0.15, 0.2) is 54.6 Å². The molecule has 0 spiro atoms. The minimum atomic E-state index is 0. The van der Waals surface area contributed by atoms with E-state index >= 15 is 0 Å². The predicted octanol–water partition coefficient (Wildman–Crippen LogP) is 5.12. The minimum absolute atomic E-state index is 0. The summed E-state index contributed by atoms with van der Waals surface area (Å²) in [7, 11) is 0. The second-order valence-corrected chi connectivity index (χ2v) is 5.89. The monoisotopic (exact) mass is 319 g/mol. The summed E-state index contributed by atoms with van der Waals surface area (Å²) in [5, 5.41) is 0. The van der Waals surface area contributed by atoms with Crippen LogP contribution in [-0.4, -0.2) is 0 Å². The highest BCUT2D eigenvalue weighted by Crippen LogP contribution is 2.28. The summed E-state index contributed by atoms with van der Waals surface area (Å²) in [6.45, 7) is 5.03. The van der Waals surface area contributed by atoms with Crippen molar-refractivity contribution in [2.24, 2.45) is 11.7 Å². The van der Waals surface area contributed by atoms with E-state index in [2.05, 4.69) is 32.0 Å². The Labute approximate surface area is 140 Å². The lowest BCUT2D eigenvalue weighted by atomic mass is 9.98. The van der Waals surface area contributed by atoms with E-state index in [1.807, 2.05) is 36.4 Å². The lowest BCUT2D eigenvalue weighted by Crippen LogP contribution is -2.13. The molecule has 0 heterocycles. The van der Waals surface area contributed by atoms with Gasteiger partial charge in [0, 0.05) is 11.6 Å². The molecular weight excluding hydrogens is 294 g/mol. The van der Waals surface area contributed by atoms with E-state index in [9.17, 15) is 0 Å². The molecule has 0 unspecified atom stereocenters. The first kappa shape index (κ1) is 18.5. The van der Waals surface area contributed by atoms with E-state index in [1.54, 1.807) is 0 Å². The third kappa shape index (κ3) is 5.70. The first-order valence-corrected chi connectivity index (χ1v) is 7.68. The molecule has 0 aliphatic heterocycles. The van der Waals surface area contributed by atoms with E-state index in [-0.39, 0.29) is 18.4 Å². The van der Waals surface area contributed by atoms with Gasteiger partial charge in [-0.25, -0.2) is 0 Å². The van der Waals surface area contributed by atoms with E-state index in [0.29, 0.717) is 12.5 Å². The summed E-state index contributed by atoms with van der Waals surface area (Å²) in [5.74, 6) is 1.58. The van der Waals surface area contributed by atoms with E-state index in [4.69, 9.17) is 10.5 Å². The summed E-state index contributed by atoms with van der Waals surface area (Å²) in [6, 6.07) is 18.4. The van der Waals surface area contributed by atoms with Gasteiger partial charge in [0.05, 0.1) is 0 Å². The average Bonchev–Trinajstić information content (AvgIpc) is 2.52. The van der Waals surface area contributed by atoms with Gasteiger partial charge in [0.15, 0.2) is 0 Å². The van der Waals surface area contributed by atoms with Crippen LogP contribution in [0.4, 0.5) is 0 Å². The molecule has 2 N–H and O–H groups in total. The normalized spacial score (nSPS) is 11.8. The zero-order chi connectivity index (χ0) is 15.1. The molecule has 22 heavy (non-hydrogen) atoms. The van der Waals surface area contributed by atoms with Gasteiger partial charge in [0.1, 0.15) is 12.4 Å². The number of halogens is 1. The van der Waals surface area contributed by atoms with E-state index < -0.39 is 0 Å². The Kier molecular flexibility index (Phi) is 8.00. The van der Waals surface area contributed by atoms with Crippen LogP contribution in [0.5, 0.6) is 5.75 Å². The van der Waals surface area contributed by atoms with Crippen molar-refractivity contribution >= 4 is 12.4 Å². The molecule has 0 fully saturated rings. The molecule has 0 aromatic heterocycles. The fourth-order valence-corrected chi connectivity index (χ4v) is 2.32. The SMILES string of the molecule is CC(C)CC[C@@H](N)c1ccccc1OCc1ccccc1.Cl. The van der Waals surface area contributed by atoms with Gasteiger partial charge >= 0.3 is 0 Å². The molecule has 0 saturated carbocycles. The van der Waals surface area contributed by atoms with Gasteiger partial charge < -0.3 is 10.5 Å². The maximum atomic E-state index is 6.33. The van der Waals surface area contributed by atoms with Crippen molar-refractivity contribution in [2.45, 2.75) is 39.3 Å². The number of hydrogen-bond donors (Lipinski definition) is 1. The molecule has 1 atom stereocenters. The molecule has 0 aliphatic carbocycles. The Morgan fingerprint density at radius 1 is 0.909 bits per heavy atom. The van der Waals surface area contributed by atoms with E-state index in [1.165, 1.54) is 5.56 Å². The van der Waals surface area contributed by atoms with Crippen LogP contribution in [0.2, 0.25) is 0 Å². The lowest BCUT2D eigenvalue weighted by Gasteiger charge is -2.18. The van der Waals surface area contributed by atoms with Crippen molar-refractivity contribution in [3.63, 3.8) is 0 Å². The molecule has 0 saturated heterocycles. The number of benzene rings is 2. The van der Waals surface area contributed by atoms with Crippen molar-refractivity contribution in [1.82, 2.24) is 0 Å². The highest BCUT2D eigenvalue weighted by molar-refractivity contribution is 5.85. The number of ether oxygens (including phenoxy) is 1. The Morgan fingerprint density at radius 3 is 2.23 bits per heavy atom. The first-order chi connectivity index (χ1) is 10.2. The molecule has 0 aliphatic rings. The third-order valence-electron chi connectivity index (χ3n) is 3.61. The molecule has 2 aromatic carbocycles. The molecule has 2 aromatic rings. The smallest absolute Gasteiger partial charge is 0.124 e. The Hall–Kier alpha value is -1.51. The highest BCUT2D eigenvalue weighted by Gasteiger charge is 2.12. The average molecular weight is 320 g/mol. The summed E-state index contributed by atoms with van der Waals surface area (Å²) >= 11 is 0. The first-order valence-electron chi connectivity index (χ1n) is 7.68. The van der Waals surface area contributed by atoms with Gasteiger partial charge in [-0.2, -0.15) is 0 Å². The van der Waals surface area contributed by atoms with Crippen LogP contribution in [0.25, 0.3) is 0 Å². The topological polar surface area (TPSA) is 35.2 Å². The maximum absolute atomic E-state index is 6.33. The zero-order valence-electron chi connectivity index (χ0n) is 13.4. The molecule has 0 amide bonds. The van der Waals surface area contributed by atoms with Crippen LogP contribution in [0.1, 0.15) is 43.9 Å². The molecule has 0 radical (unpaired) electrons. The Morgan fingerprint density at radius 2 is 1.55 bits per heavy atom. The van der Waals surface area contributed by atoms with Crippen LogP contribution >= 0.6 is 12.4 Å². The summed E-state index contributed by atoms with van der Waals surface area (Å²) < 4.78 is 5.97. The number of rotatable bonds is 7. The van der Waals surface area contributed by atoms with Crippen LogP contribution in [0, 0.1) is 5.92 Å². The fourth-order valence-electron chi connectivity index (χ4n) is 2.32. The van der Waals surface area contributed by atoms with Gasteiger partial charge in [0.25, 0.3) is 0 Å². The standard InChI is InChI=1S/C19H25NO.ClH/c1-15(2)12-13-18(20)17-10-6-7-11-19(17)21-14-16-8-4-3-5-9-16;/h3-11,15,18H,12-14,20H2,1-2H3;1H/t18-;/m1./s1. The van der Waals surface area contributed by atoms with Crippen LogP contribution in [0.3, 0.4) is 0 Å². The van der Waals surface area contributed by atoms with Crippen LogP contribution in [-0.2, 0) is 6.61 Å². The predicted molar refractivity (Wildman–Crippen MR) is 95.5 cm³/mol. The lowest BCUT2D eigenvalue weighted by molar-refractivity contribution is 0.300. The molecule has 2 rings (SSSR count). The zero-order valence-corrected chi connectivity index (χ0v) is 14.2. The molecular formula is C19H26ClNO. The number of para-hydroxylation sites is 1. The van der Waals surface area contributed by atoms with Gasteiger partial charge in [-0.1, -0.05) is 62.4 Å². The molecule has 0 bridgehead atoms. The van der Waals surface area contributed by atoms with Crippen LogP contribution < -0.4 is 10.5 Å². The van der Waals surface area contributed by atoms with Gasteiger partial charge in [-0.15, -0.1) is 12.4 Å². The van der Waals surface area contributed by atoms with Crippen molar-refractivity contribution in [1.29, 1.82) is 0 Å². The fraction of sp³-hybridized carbons (Fsp3) is 0.368. The number of hydrogen-bond acceptors (Lipinski definition) is 2. The highest BCUT2D eigenvalue weighted by atomic mass is 35.5. The number of nitrogens with two attached hydrogens (primary N) is 1. The Balaban J connectivity index is 0.00000242. The minimum Gasteiger partial charge on any atom is -0.489 e. The van der Waals surface area contributed by atoms with Crippen molar-refractivity contribution in [3.8, 4) is 5.75 Å². The summed E-state index contributed by atoms with van der Waals surface area (Å²) in [6.07, 6.45) is 2.12. The third-order valence-corrected chi connectivity index (χ3v) is 3.61.